The molecule has 4 aromatic carbocycles. The van der Waals surface area contributed by atoms with Gasteiger partial charge in [0.15, 0.2) is 0 Å². The van der Waals surface area contributed by atoms with Crippen molar-refractivity contribution in [3.05, 3.63) is 102 Å². The molecule has 0 fully saturated rings. The number of nitrogens with zero attached hydrogens (tertiary/aromatic N) is 1. The van der Waals surface area contributed by atoms with Crippen molar-refractivity contribution in [2.75, 3.05) is 6.54 Å². The molecule has 0 bridgehead atoms. The van der Waals surface area contributed by atoms with Crippen molar-refractivity contribution in [3.63, 3.8) is 0 Å². The highest BCUT2D eigenvalue weighted by Gasteiger charge is 2.32. The van der Waals surface area contributed by atoms with E-state index in [0.29, 0.717) is 17.0 Å². The maximum Gasteiger partial charge on any atom is 0.416 e. The first-order valence-electron chi connectivity index (χ1n) is 12.0. The Morgan fingerprint density at radius 3 is 2.21 bits per heavy atom. The molecule has 0 heterocycles. The van der Waals surface area contributed by atoms with E-state index in [2.05, 4.69) is 0 Å². The van der Waals surface area contributed by atoms with Gasteiger partial charge in [0.05, 0.1) is 10.5 Å². The Hall–Kier alpha value is -3.41. The minimum atomic E-state index is -4.72. The zero-order valence-electron chi connectivity index (χ0n) is 21.1. The molecule has 0 aliphatic carbocycles. The van der Waals surface area contributed by atoms with Gasteiger partial charge in [-0.2, -0.15) is 25.9 Å². The lowest BCUT2D eigenvalue weighted by atomic mass is 10.1. The normalized spacial score (nSPS) is 12.8. The smallest absolute Gasteiger partial charge is 0.379 e. The van der Waals surface area contributed by atoms with Crippen molar-refractivity contribution in [2.45, 2.75) is 36.4 Å². The molecule has 0 N–H and O–H groups in total. The van der Waals surface area contributed by atoms with Crippen LogP contribution in [0.25, 0.3) is 10.8 Å². The maximum absolute atomic E-state index is 13.8. The molecule has 4 aromatic rings. The topological polar surface area (TPSA) is 80.8 Å². The molecule has 0 unspecified atom stereocenters. The highest BCUT2D eigenvalue weighted by molar-refractivity contribution is 7.89. The Morgan fingerprint density at radius 1 is 0.821 bits per heavy atom. The molecule has 6 nitrogen and oxygen atoms in total. The van der Waals surface area contributed by atoms with E-state index in [4.69, 9.17) is 4.18 Å². The number of hydrogen-bond acceptors (Lipinski definition) is 5. The molecule has 0 radical (unpaired) electrons. The van der Waals surface area contributed by atoms with Gasteiger partial charge >= 0.3 is 16.3 Å². The number of hydrogen-bond donors (Lipinski definition) is 0. The van der Waals surface area contributed by atoms with Crippen LogP contribution in [0.4, 0.5) is 13.2 Å². The summed E-state index contributed by atoms with van der Waals surface area (Å²) in [4.78, 5) is -0.497. The summed E-state index contributed by atoms with van der Waals surface area (Å²) >= 11 is 0. The van der Waals surface area contributed by atoms with Crippen LogP contribution in [-0.2, 0) is 32.9 Å². The summed E-state index contributed by atoms with van der Waals surface area (Å²) in [6, 6.07) is 21.3. The minimum Gasteiger partial charge on any atom is -0.379 e. The monoisotopic (exact) mass is 577 g/mol. The molecule has 4 rings (SSSR count). The van der Waals surface area contributed by atoms with Gasteiger partial charge in [-0.1, -0.05) is 68.4 Å². The molecule has 0 saturated heterocycles. The Balaban J connectivity index is 1.64. The van der Waals surface area contributed by atoms with Gasteiger partial charge in [0.1, 0.15) is 10.6 Å². The molecule has 0 aromatic heterocycles. The van der Waals surface area contributed by atoms with Gasteiger partial charge in [-0.05, 0) is 53.3 Å². The van der Waals surface area contributed by atoms with Gasteiger partial charge in [-0.3, -0.25) is 0 Å². The van der Waals surface area contributed by atoms with Crippen LogP contribution >= 0.6 is 0 Å². The molecule has 11 heteroatoms. The summed E-state index contributed by atoms with van der Waals surface area (Å²) in [5.74, 6) is -0.174. The van der Waals surface area contributed by atoms with Crippen LogP contribution in [0.5, 0.6) is 5.75 Å². The average Bonchev–Trinajstić information content (AvgIpc) is 2.87. The maximum atomic E-state index is 13.8. The van der Waals surface area contributed by atoms with E-state index in [1.165, 1.54) is 22.5 Å². The Kier molecular flexibility index (Phi) is 8.06. The fourth-order valence-corrected chi connectivity index (χ4v) is 6.89. The lowest BCUT2D eigenvalue weighted by Gasteiger charge is -2.25. The summed E-state index contributed by atoms with van der Waals surface area (Å²) < 4.78 is 98.7. The number of benzene rings is 4. The molecular weight excluding hydrogens is 551 g/mol. The number of alkyl halides is 3. The standard InChI is InChI=1S/C28H26F3NO5S2/c1-20(2)18-32(38(33,34)27-15-6-10-22-9-3-4-14-26(22)27)19-21-8-5-12-24(16-21)37-39(35,36)25-13-7-11-23(17-25)28(29,30)31/h3-17,20H,18-19H2,1-2H3. The van der Waals surface area contributed by atoms with Crippen molar-refractivity contribution in [2.24, 2.45) is 5.92 Å². The van der Waals surface area contributed by atoms with E-state index in [0.717, 1.165) is 23.6 Å². The second kappa shape index (κ2) is 11.0. The van der Waals surface area contributed by atoms with E-state index < -0.39 is 36.8 Å². The van der Waals surface area contributed by atoms with Gasteiger partial charge in [0.2, 0.25) is 10.0 Å². The number of sulfonamides is 1. The van der Waals surface area contributed by atoms with Crippen LogP contribution in [0.15, 0.2) is 101 Å². The quantitative estimate of drug-likeness (QED) is 0.213. The highest BCUT2D eigenvalue weighted by Crippen LogP contribution is 2.32. The molecule has 0 spiro atoms. The third-order valence-corrected chi connectivity index (χ3v) is 8.96. The van der Waals surface area contributed by atoms with E-state index in [1.54, 1.807) is 30.3 Å². The first kappa shape index (κ1) is 28.6. The van der Waals surface area contributed by atoms with Gasteiger partial charge < -0.3 is 4.18 Å². The van der Waals surface area contributed by atoms with E-state index in [-0.39, 0.29) is 29.7 Å². The molecule has 0 aliphatic heterocycles. The molecule has 0 amide bonds. The Bertz CT molecular complexity index is 1700. The van der Waals surface area contributed by atoms with Crippen molar-refractivity contribution in [1.82, 2.24) is 4.31 Å². The second-order valence-electron chi connectivity index (χ2n) is 9.38. The molecule has 0 aliphatic rings. The molecule has 0 atom stereocenters. The van der Waals surface area contributed by atoms with Gasteiger partial charge in [0, 0.05) is 18.5 Å². The van der Waals surface area contributed by atoms with Crippen molar-refractivity contribution in [3.8, 4) is 5.75 Å². The van der Waals surface area contributed by atoms with Gasteiger partial charge in [-0.25, -0.2) is 8.42 Å². The zero-order chi connectivity index (χ0) is 28.4. The lowest BCUT2D eigenvalue weighted by molar-refractivity contribution is -0.137. The lowest BCUT2D eigenvalue weighted by Crippen LogP contribution is -2.34. The van der Waals surface area contributed by atoms with Crippen molar-refractivity contribution < 1.29 is 34.2 Å². The molecule has 39 heavy (non-hydrogen) atoms. The summed E-state index contributed by atoms with van der Waals surface area (Å²) in [6.45, 7) is 3.88. The summed E-state index contributed by atoms with van der Waals surface area (Å²) in [5, 5.41) is 1.36. The van der Waals surface area contributed by atoms with Crippen LogP contribution in [0, 0.1) is 5.92 Å². The zero-order valence-corrected chi connectivity index (χ0v) is 22.7. The molecule has 206 valence electrons. The van der Waals surface area contributed by atoms with Crippen LogP contribution in [0.2, 0.25) is 0 Å². The van der Waals surface area contributed by atoms with E-state index >= 15 is 0 Å². The number of halogens is 3. The van der Waals surface area contributed by atoms with Crippen LogP contribution in [-0.4, -0.2) is 27.7 Å². The fourth-order valence-electron chi connectivity index (χ4n) is 4.12. The van der Waals surface area contributed by atoms with E-state index in [9.17, 15) is 30.0 Å². The predicted molar refractivity (Wildman–Crippen MR) is 142 cm³/mol. The predicted octanol–water partition coefficient (Wildman–Crippen LogP) is 6.47. The SMILES string of the molecule is CC(C)CN(Cc1cccc(OS(=O)(=O)c2cccc(C(F)(F)F)c2)c1)S(=O)(=O)c1cccc2ccccc12. The summed E-state index contributed by atoms with van der Waals surface area (Å²) in [6.07, 6.45) is -4.72. The molecular formula is C28H26F3NO5S2. The number of fused-ring (bicyclic) bond motifs is 1. The Labute approximate surface area is 225 Å². The van der Waals surface area contributed by atoms with E-state index in [1.807, 2.05) is 32.0 Å². The van der Waals surface area contributed by atoms with Crippen molar-refractivity contribution >= 4 is 30.9 Å². The van der Waals surface area contributed by atoms with Crippen molar-refractivity contribution in [1.29, 1.82) is 0 Å². The van der Waals surface area contributed by atoms with Crippen LogP contribution < -0.4 is 4.18 Å². The van der Waals surface area contributed by atoms with Gasteiger partial charge in [0.25, 0.3) is 0 Å². The minimum absolute atomic E-state index is 0.0181. The third-order valence-electron chi connectivity index (χ3n) is 5.85. The summed E-state index contributed by atoms with van der Waals surface area (Å²) in [7, 11) is -8.55. The summed E-state index contributed by atoms with van der Waals surface area (Å²) in [5.41, 5.74) is -0.680. The first-order chi connectivity index (χ1) is 18.3. The fraction of sp³-hybridized carbons (Fsp3) is 0.214. The van der Waals surface area contributed by atoms with Crippen LogP contribution in [0.1, 0.15) is 25.0 Å². The first-order valence-corrected chi connectivity index (χ1v) is 14.8. The number of rotatable bonds is 9. The largest absolute Gasteiger partial charge is 0.416 e. The second-order valence-corrected chi connectivity index (χ2v) is 12.8. The third kappa shape index (κ3) is 6.60. The van der Waals surface area contributed by atoms with Crippen LogP contribution in [0.3, 0.4) is 0 Å². The highest BCUT2D eigenvalue weighted by atomic mass is 32.2. The van der Waals surface area contributed by atoms with Gasteiger partial charge in [-0.15, -0.1) is 0 Å². The average molecular weight is 578 g/mol. The molecule has 0 saturated carbocycles. The Morgan fingerprint density at radius 2 is 1.49 bits per heavy atom.